The second-order valence-electron chi connectivity index (χ2n) is 4.04. The molecule has 0 saturated heterocycles. The van der Waals surface area contributed by atoms with E-state index in [2.05, 4.69) is 18.7 Å². The number of nitrogens with two attached hydrogens (primary N) is 1. The lowest BCUT2D eigenvalue weighted by Crippen LogP contribution is -2.26. The van der Waals surface area contributed by atoms with Crippen molar-refractivity contribution in [1.29, 1.82) is 0 Å². The summed E-state index contributed by atoms with van der Waals surface area (Å²) in [4.78, 5) is 2.59. The topological polar surface area (TPSA) is 29.3 Å². The van der Waals surface area contributed by atoms with Crippen LogP contribution in [0.2, 0.25) is 0 Å². The van der Waals surface area contributed by atoms with Gasteiger partial charge in [0.25, 0.3) is 0 Å². The summed E-state index contributed by atoms with van der Waals surface area (Å²) in [6.45, 7) is 9.20. The van der Waals surface area contributed by atoms with Crippen LogP contribution < -0.4 is 5.73 Å². The summed E-state index contributed by atoms with van der Waals surface area (Å²) >= 11 is 0. The van der Waals surface area contributed by atoms with Crippen LogP contribution in [0.5, 0.6) is 0 Å². The van der Waals surface area contributed by atoms with E-state index in [4.69, 9.17) is 5.73 Å². The van der Waals surface area contributed by atoms with Gasteiger partial charge in [0.1, 0.15) is 0 Å². The summed E-state index contributed by atoms with van der Waals surface area (Å²) in [7, 11) is 0. The molecule has 0 radical (unpaired) electrons. The molecule has 0 aromatic rings. The van der Waals surface area contributed by atoms with Crippen molar-refractivity contribution >= 4 is 0 Å². The fourth-order valence-electron chi connectivity index (χ4n) is 1.80. The highest BCUT2D eigenvalue weighted by Gasteiger charge is 2.00. The molecule has 2 N–H and O–H groups in total. The van der Waals surface area contributed by atoms with Gasteiger partial charge in [-0.3, -0.25) is 0 Å². The maximum atomic E-state index is 5.46. The van der Waals surface area contributed by atoms with Gasteiger partial charge in [0.05, 0.1) is 0 Å². The lowest BCUT2D eigenvalue weighted by Gasteiger charge is -2.20. The van der Waals surface area contributed by atoms with Gasteiger partial charge in [-0.25, -0.2) is 0 Å². The van der Waals surface area contributed by atoms with Gasteiger partial charge in [0.15, 0.2) is 0 Å². The third-order valence-corrected chi connectivity index (χ3v) is 2.51. The maximum Gasteiger partial charge on any atom is -0.00187 e. The Kier molecular flexibility index (Phi) is 10.9. The monoisotopic (exact) mass is 200 g/mol. The van der Waals surface area contributed by atoms with E-state index in [1.54, 1.807) is 0 Å². The fraction of sp³-hybridized carbons (Fsp3) is 1.00. The Morgan fingerprint density at radius 1 is 0.786 bits per heavy atom. The molecule has 0 atom stereocenters. The Morgan fingerprint density at radius 3 is 1.86 bits per heavy atom. The molecule has 0 aromatic heterocycles. The number of unbranched alkanes of at least 4 members (excludes halogenated alkanes) is 3. The minimum Gasteiger partial charge on any atom is -0.330 e. The van der Waals surface area contributed by atoms with Crippen LogP contribution >= 0.6 is 0 Å². The Morgan fingerprint density at radius 2 is 1.36 bits per heavy atom. The number of hydrogen-bond acceptors (Lipinski definition) is 2. The summed E-state index contributed by atoms with van der Waals surface area (Å²) in [6, 6.07) is 0. The van der Waals surface area contributed by atoms with Crippen molar-refractivity contribution in [3.05, 3.63) is 0 Å². The van der Waals surface area contributed by atoms with Crippen LogP contribution in [0, 0.1) is 0 Å². The second-order valence-corrected chi connectivity index (χ2v) is 4.04. The molecule has 86 valence electrons. The van der Waals surface area contributed by atoms with E-state index in [1.807, 2.05) is 0 Å². The zero-order valence-electron chi connectivity index (χ0n) is 10.1. The largest absolute Gasteiger partial charge is 0.330 e. The first-order chi connectivity index (χ1) is 6.85. The molecule has 14 heavy (non-hydrogen) atoms. The van der Waals surface area contributed by atoms with Crippen molar-refractivity contribution in [2.75, 3.05) is 26.2 Å². The molecule has 2 heteroatoms. The molecule has 0 bridgehead atoms. The molecule has 0 saturated carbocycles. The van der Waals surface area contributed by atoms with Crippen molar-refractivity contribution in [3.8, 4) is 0 Å². The summed E-state index contributed by atoms with van der Waals surface area (Å²) in [5, 5.41) is 0. The van der Waals surface area contributed by atoms with Crippen molar-refractivity contribution in [2.24, 2.45) is 5.73 Å². The van der Waals surface area contributed by atoms with Crippen LogP contribution in [0.25, 0.3) is 0 Å². The first-order valence-electron chi connectivity index (χ1n) is 6.27. The van der Waals surface area contributed by atoms with E-state index in [9.17, 15) is 0 Å². The average molecular weight is 200 g/mol. The van der Waals surface area contributed by atoms with Crippen molar-refractivity contribution in [3.63, 3.8) is 0 Å². The SMILES string of the molecule is CCCN(CCC)CCCCCCN. The van der Waals surface area contributed by atoms with E-state index in [0.717, 1.165) is 6.54 Å². The minimum absolute atomic E-state index is 0.855. The van der Waals surface area contributed by atoms with Gasteiger partial charge in [-0.05, 0) is 51.9 Å². The predicted molar refractivity (Wildman–Crippen MR) is 64.5 cm³/mol. The number of rotatable bonds is 10. The Hall–Kier alpha value is -0.0800. The fourth-order valence-corrected chi connectivity index (χ4v) is 1.80. The highest BCUT2D eigenvalue weighted by molar-refractivity contribution is 4.56. The van der Waals surface area contributed by atoms with Gasteiger partial charge < -0.3 is 10.6 Å². The second kappa shape index (κ2) is 11.0. The lowest BCUT2D eigenvalue weighted by molar-refractivity contribution is 0.268. The molecule has 0 aliphatic rings. The van der Waals surface area contributed by atoms with Gasteiger partial charge in [0.2, 0.25) is 0 Å². The smallest absolute Gasteiger partial charge is 0.00187 e. The predicted octanol–water partition coefficient (Wildman–Crippen LogP) is 2.63. The van der Waals surface area contributed by atoms with Gasteiger partial charge in [-0.1, -0.05) is 26.7 Å². The van der Waals surface area contributed by atoms with Crippen LogP contribution in [0.1, 0.15) is 52.4 Å². The summed E-state index contributed by atoms with van der Waals surface area (Å²) < 4.78 is 0. The third kappa shape index (κ3) is 8.52. The molecule has 0 spiro atoms. The van der Waals surface area contributed by atoms with Crippen LogP contribution in [0.3, 0.4) is 0 Å². The molecule has 0 aliphatic carbocycles. The van der Waals surface area contributed by atoms with Gasteiger partial charge in [-0.2, -0.15) is 0 Å². The average Bonchev–Trinajstić information content (AvgIpc) is 2.18. The van der Waals surface area contributed by atoms with E-state index in [1.165, 1.54) is 58.2 Å². The molecule has 0 aromatic carbocycles. The lowest BCUT2D eigenvalue weighted by atomic mass is 10.2. The highest BCUT2D eigenvalue weighted by Crippen LogP contribution is 2.02. The molecule has 0 fully saturated rings. The van der Waals surface area contributed by atoms with E-state index in [-0.39, 0.29) is 0 Å². The summed E-state index contributed by atoms with van der Waals surface area (Å²) in [6.07, 6.45) is 7.76. The van der Waals surface area contributed by atoms with Crippen LogP contribution in [0.4, 0.5) is 0 Å². The van der Waals surface area contributed by atoms with Crippen LogP contribution in [0.15, 0.2) is 0 Å². The molecule has 0 amide bonds. The normalized spacial score (nSPS) is 11.1. The van der Waals surface area contributed by atoms with Gasteiger partial charge >= 0.3 is 0 Å². The maximum absolute atomic E-state index is 5.46. The van der Waals surface area contributed by atoms with Crippen molar-refractivity contribution < 1.29 is 0 Å². The van der Waals surface area contributed by atoms with Crippen molar-refractivity contribution in [1.82, 2.24) is 4.90 Å². The molecule has 2 nitrogen and oxygen atoms in total. The zero-order chi connectivity index (χ0) is 10.6. The molecule has 0 unspecified atom stereocenters. The van der Waals surface area contributed by atoms with E-state index >= 15 is 0 Å². The third-order valence-electron chi connectivity index (χ3n) is 2.51. The zero-order valence-corrected chi connectivity index (χ0v) is 10.1. The molecule has 0 heterocycles. The standard InChI is InChI=1S/C12H28N2/c1-3-10-14(11-4-2)12-8-6-5-7-9-13/h3-13H2,1-2H3. The van der Waals surface area contributed by atoms with Crippen LogP contribution in [-0.2, 0) is 0 Å². The molecule has 0 aliphatic heterocycles. The van der Waals surface area contributed by atoms with Crippen molar-refractivity contribution in [2.45, 2.75) is 52.4 Å². The first kappa shape index (κ1) is 13.9. The Bertz CT molecular complexity index is 98.5. The van der Waals surface area contributed by atoms with Crippen LogP contribution in [-0.4, -0.2) is 31.1 Å². The first-order valence-corrected chi connectivity index (χ1v) is 6.27. The highest BCUT2D eigenvalue weighted by atomic mass is 15.1. The number of nitrogens with zero attached hydrogens (tertiary/aromatic N) is 1. The quantitative estimate of drug-likeness (QED) is 0.549. The minimum atomic E-state index is 0.855. The van der Waals surface area contributed by atoms with Gasteiger partial charge in [0, 0.05) is 0 Å². The molecule has 0 rings (SSSR count). The Balaban J connectivity index is 3.30. The molecular weight excluding hydrogens is 172 g/mol. The van der Waals surface area contributed by atoms with Gasteiger partial charge in [-0.15, -0.1) is 0 Å². The van der Waals surface area contributed by atoms with E-state index in [0.29, 0.717) is 0 Å². The summed E-state index contributed by atoms with van der Waals surface area (Å²) in [5.41, 5.74) is 5.46. The Labute approximate surface area is 89.9 Å². The number of hydrogen-bond donors (Lipinski definition) is 1. The van der Waals surface area contributed by atoms with E-state index < -0.39 is 0 Å². The molecular formula is C12H28N2. The summed E-state index contributed by atoms with van der Waals surface area (Å²) in [5.74, 6) is 0.